The topological polar surface area (TPSA) is 29.5 Å². The average molecular weight is 300 g/mol. The summed E-state index contributed by atoms with van der Waals surface area (Å²) in [5, 5.41) is 0.140. The van der Waals surface area contributed by atoms with Crippen LogP contribution in [-0.2, 0) is 16.1 Å². The van der Waals surface area contributed by atoms with Crippen molar-refractivity contribution in [1.82, 2.24) is 4.90 Å². The van der Waals surface area contributed by atoms with E-state index in [0.29, 0.717) is 19.7 Å². The van der Waals surface area contributed by atoms with Gasteiger partial charge in [0.25, 0.3) is 0 Å². The first kappa shape index (κ1) is 15.3. The number of ether oxygens (including phenoxy) is 1. The van der Waals surface area contributed by atoms with Crippen molar-refractivity contribution >= 4 is 17.6 Å². The maximum atomic E-state index is 13.1. The molecule has 0 spiro atoms. The van der Waals surface area contributed by atoms with Gasteiger partial charge in [0, 0.05) is 13.1 Å². The van der Waals surface area contributed by atoms with E-state index in [-0.39, 0.29) is 16.9 Å². The lowest BCUT2D eigenvalue weighted by Gasteiger charge is -2.31. The maximum absolute atomic E-state index is 13.1. The van der Waals surface area contributed by atoms with Crippen LogP contribution in [0.2, 0.25) is 5.02 Å². The monoisotopic (exact) mass is 299 g/mol. The van der Waals surface area contributed by atoms with Crippen LogP contribution in [0.4, 0.5) is 4.39 Å². The smallest absolute Gasteiger partial charge is 0.310 e. The second-order valence-corrected chi connectivity index (χ2v) is 5.48. The van der Waals surface area contributed by atoms with Crippen molar-refractivity contribution in [2.24, 2.45) is 5.92 Å². The Morgan fingerprint density at radius 3 is 3.05 bits per heavy atom. The molecule has 0 aromatic heterocycles. The molecule has 5 heteroatoms. The first-order chi connectivity index (χ1) is 9.60. The predicted molar refractivity (Wildman–Crippen MR) is 76.0 cm³/mol. The molecule has 0 bridgehead atoms. The van der Waals surface area contributed by atoms with Gasteiger partial charge in [0.15, 0.2) is 0 Å². The number of rotatable bonds is 4. The minimum atomic E-state index is -0.404. The number of esters is 1. The van der Waals surface area contributed by atoms with Gasteiger partial charge >= 0.3 is 5.97 Å². The number of likely N-dealkylation sites (tertiary alicyclic amines) is 1. The summed E-state index contributed by atoms with van der Waals surface area (Å²) in [5.74, 6) is -0.576. The number of hydrogen-bond acceptors (Lipinski definition) is 3. The Balaban J connectivity index is 1.95. The molecule has 1 saturated heterocycles. The molecule has 0 saturated carbocycles. The first-order valence-corrected chi connectivity index (χ1v) is 7.31. The van der Waals surface area contributed by atoms with E-state index in [9.17, 15) is 9.18 Å². The van der Waals surface area contributed by atoms with Crippen LogP contribution in [0, 0.1) is 11.7 Å². The second-order valence-electron chi connectivity index (χ2n) is 5.07. The van der Waals surface area contributed by atoms with E-state index < -0.39 is 5.82 Å². The lowest BCUT2D eigenvalue weighted by molar-refractivity contribution is -0.150. The molecule has 2 rings (SSSR count). The fourth-order valence-electron chi connectivity index (χ4n) is 2.55. The summed E-state index contributed by atoms with van der Waals surface area (Å²) in [6, 6.07) is 4.75. The van der Waals surface area contributed by atoms with Crippen LogP contribution in [0.1, 0.15) is 25.3 Å². The molecular formula is C15H19ClFNO2. The van der Waals surface area contributed by atoms with Crippen LogP contribution in [0.5, 0.6) is 0 Å². The van der Waals surface area contributed by atoms with Crippen LogP contribution in [-0.4, -0.2) is 30.6 Å². The highest BCUT2D eigenvalue weighted by molar-refractivity contribution is 6.30. The highest BCUT2D eigenvalue weighted by Gasteiger charge is 2.26. The largest absolute Gasteiger partial charge is 0.466 e. The minimum Gasteiger partial charge on any atom is -0.466 e. The third-order valence-electron chi connectivity index (χ3n) is 3.52. The van der Waals surface area contributed by atoms with Crippen LogP contribution in [0.25, 0.3) is 0 Å². The van der Waals surface area contributed by atoms with Gasteiger partial charge in [-0.05, 0) is 44.0 Å². The van der Waals surface area contributed by atoms with E-state index in [4.69, 9.17) is 16.3 Å². The number of piperidine rings is 1. The molecule has 1 fully saturated rings. The van der Waals surface area contributed by atoms with Gasteiger partial charge in [-0.15, -0.1) is 0 Å². The summed E-state index contributed by atoms with van der Waals surface area (Å²) in [6.45, 7) is 4.54. The van der Waals surface area contributed by atoms with Crippen molar-refractivity contribution in [1.29, 1.82) is 0 Å². The minimum absolute atomic E-state index is 0.0559. The fourth-order valence-corrected chi connectivity index (χ4v) is 2.75. The molecular weight excluding hydrogens is 281 g/mol. The number of hydrogen-bond donors (Lipinski definition) is 0. The van der Waals surface area contributed by atoms with Gasteiger partial charge in [0.05, 0.1) is 17.5 Å². The summed E-state index contributed by atoms with van der Waals surface area (Å²) in [4.78, 5) is 14.0. The zero-order valence-corrected chi connectivity index (χ0v) is 12.3. The Morgan fingerprint density at radius 2 is 2.35 bits per heavy atom. The number of nitrogens with zero attached hydrogens (tertiary/aromatic N) is 1. The molecule has 1 aliphatic heterocycles. The molecule has 20 heavy (non-hydrogen) atoms. The highest BCUT2D eigenvalue weighted by atomic mass is 35.5. The molecule has 0 aliphatic carbocycles. The molecule has 0 N–H and O–H groups in total. The van der Waals surface area contributed by atoms with Crippen LogP contribution < -0.4 is 0 Å². The lowest BCUT2D eigenvalue weighted by atomic mass is 9.98. The fraction of sp³-hybridized carbons (Fsp3) is 0.533. The van der Waals surface area contributed by atoms with Gasteiger partial charge in [0.1, 0.15) is 5.82 Å². The van der Waals surface area contributed by atoms with E-state index in [1.165, 1.54) is 6.07 Å². The summed E-state index contributed by atoms with van der Waals surface area (Å²) >= 11 is 5.78. The third-order valence-corrected chi connectivity index (χ3v) is 3.81. The van der Waals surface area contributed by atoms with E-state index in [0.717, 1.165) is 24.9 Å². The third kappa shape index (κ3) is 3.93. The van der Waals surface area contributed by atoms with Crippen LogP contribution in [0.15, 0.2) is 18.2 Å². The molecule has 1 aromatic carbocycles. The van der Waals surface area contributed by atoms with Crippen molar-refractivity contribution in [3.8, 4) is 0 Å². The maximum Gasteiger partial charge on any atom is 0.310 e. The lowest BCUT2D eigenvalue weighted by Crippen LogP contribution is -2.38. The molecule has 0 radical (unpaired) electrons. The molecule has 0 unspecified atom stereocenters. The van der Waals surface area contributed by atoms with Crippen LogP contribution >= 0.6 is 11.6 Å². The summed E-state index contributed by atoms with van der Waals surface area (Å²) in [5.41, 5.74) is 0.959. The molecule has 1 atom stereocenters. The highest BCUT2D eigenvalue weighted by Crippen LogP contribution is 2.22. The standard InChI is InChI=1S/C15H19ClFNO2/c1-2-20-15(19)12-4-3-7-18(10-12)9-11-5-6-14(17)13(16)8-11/h5-6,8,12H,2-4,7,9-10H2,1H3/t12-/m0/s1. The van der Waals surface area contributed by atoms with Gasteiger partial charge in [-0.2, -0.15) is 0 Å². The number of carbonyl (C=O) groups is 1. The number of benzene rings is 1. The van der Waals surface area contributed by atoms with Gasteiger partial charge < -0.3 is 4.74 Å². The van der Waals surface area contributed by atoms with Crippen molar-refractivity contribution in [2.45, 2.75) is 26.3 Å². The molecule has 3 nitrogen and oxygen atoms in total. The van der Waals surface area contributed by atoms with Gasteiger partial charge in [0.2, 0.25) is 0 Å². The van der Waals surface area contributed by atoms with Crippen molar-refractivity contribution in [3.63, 3.8) is 0 Å². The van der Waals surface area contributed by atoms with Gasteiger partial charge in [-0.25, -0.2) is 4.39 Å². The molecule has 1 heterocycles. The van der Waals surface area contributed by atoms with Crippen LogP contribution in [0.3, 0.4) is 0 Å². The predicted octanol–water partition coefficient (Wildman–Crippen LogP) is 3.25. The van der Waals surface area contributed by atoms with Crippen molar-refractivity contribution < 1.29 is 13.9 Å². The van der Waals surface area contributed by atoms with E-state index >= 15 is 0 Å². The zero-order valence-electron chi connectivity index (χ0n) is 11.6. The summed E-state index contributed by atoms with van der Waals surface area (Å²) in [6.07, 6.45) is 1.85. The normalized spacial score (nSPS) is 19.9. The molecule has 110 valence electrons. The number of halogens is 2. The Kier molecular flexibility index (Phi) is 5.38. The molecule has 0 amide bonds. The Hall–Kier alpha value is -1.13. The number of carbonyl (C=O) groups excluding carboxylic acids is 1. The summed E-state index contributed by atoms with van der Waals surface area (Å²) in [7, 11) is 0. The zero-order chi connectivity index (χ0) is 14.5. The van der Waals surface area contributed by atoms with E-state index in [1.54, 1.807) is 12.1 Å². The Morgan fingerprint density at radius 1 is 1.55 bits per heavy atom. The molecule has 1 aromatic rings. The van der Waals surface area contributed by atoms with Gasteiger partial charge in [-0.1, -0.05) is 17.7 Å². The van der Waals surface area contributed by atoms with Crippen molar-refractivity contribution in [3.05, 3.63) is 34.6 Å². The molecule has 1 aliphatic rings. The second kappa shape index (κ2) is 7.04. The SMILES string of the molecule is CCOC(=O)[C@H]1CCCN(Cc2ccc(F)c(Cl)c2)C1. The summed E-state index contributed by atoms with van der Waals surface area (Å²) < 4.78 is 18.2. The Bertz CT molecular complexity index is 481. The quantitative estimate of drug-likeness (QED) is 0.799. The van der Waals surface area contributed by atoms with E-state index in [2.05, 4.69) is 4.90 Å². The van der Waals surface area contributed by atoms with Crippen molar-refractivity contribution in [2.75, 3.05) is 19.7 Å². The van der Waals surface area contributed by atoms with E-state index in [1.807, 2.05) is 6.92 Å². The Labute approximate surface area is 123 Å². The first-order valence-electron chi connectivity index (χ1n) is 6.93. The van der Waals surface area contributed by atoms with Gasteiger partial charge in [-0.3, -0.25) is 9.69 Å². The average Bonchev–Trinajstić information content (AvgIpc) is 2.43.